The zero-order chi connectivity index (χ0) is 35.2. The van der Waals surface area contributed by atoms with Crippen LogP contribution < -0.4 is 0 Å². The molecular weight excluding hydrogens is 627 g/mol. The van der Waals surface area contributed by atoms with Gasteiger partial charge >= 0.3 is 6.18 Å². The van der Waals surface area contributed by atoms with Crippen LogP contribution in [0.2, 0.25) is 0 Å². The molecule has 0 aliphatic heterocycles. The van der Waals surface area contributed by atoms with E-state index in [1.54, 1.807) is 18.5 Å². The first-order valence-electron chi connectivity index (χ1n) is 17.0. The normalized spacial score (nSPS) is 12.9. The molecule has 250 valence electrons. The van der Waals surface area contributed by atoms with Crippen molar-refractivity contribution >= 4 is 43.6 Å². The van der Waals surface area contributed by atoms with Gasteiger partial charge < -0.3 is 9.13 Å². The van der Waals surface area contributed by atoms with E-state index in [1.165, 1.54) is 23.3 Å². The van der Waals surface area contributed by atoms with Crippen LogP contribution in [0.3, 0.4) is 0 Å². The van der Waals surface area contributed by atoms with Crippen molar-refractivity contribution in [2.45, 2.75) is 58.5 Å². The predicted octanol–water partition coefficient (Wildman–Crippen LogP) is 12.6. The Morgan fingerprint density at radius 2 is 0.940 bits per heavy atom. The zero-order valence-electron chi connectivity index (χ0n) is 29.0. The van der Waals surface area contributed by atoms with E-state index in [2.05, 4.69) is 110 Å². The molecule has 50 heavy (non-hydrogen) atoms. The number of hydrogen-bond donors (Lipinski definition) is 0. The Kier molecular flexibility index (Phi) is 7.06. The summed E-state index contributed by atoms with van der Waals surface area (Å²) >= 11 is 0. The van der Waals surface area contributed by atoms with E-state index in [0.717, 1.165) is 43.6 Å². The van der Waals surface area contributed by atoms with E-state index in [0.29, 0.717) is 22.5 Å². The molecule has 0 aliphatic rings. The molecule has 8 rings (SSSR count). The summed E-state index contributed by atoms with van der Waals surface area (Å²) in [6.45, 7) is 13.1. The van der Waals surface area contributed by atoms with Crippen LogP contribution in [0.1, 0.15) is 58.2 Å². The van der Waals surface area contributed by atoms with Crippen molar-refractivity contribution < 1.29 is 13.2 Å². The van der Waals surface area contributed by atoms with E-state index >= 15 is 0 Å². The summed E-state index contributed by atoms with van der Waals surface area (Å²) in [6, 6.07) is 35.2. The minimum Gasteiger partial charge on any atom is -0.309 e. The smallest absolute Gasteiger partial charge is 0.309 e. The topological polar surface area (TPSA) is 22.8 Å². The predicted molar refractivity (Wildman–Crippen MR) is 201 cm³/mol. The van der Waals surface area contributed by atoms with Gasteiger partial charge in [-0.3, -0.25) is 4.98 Å². The third-order valence-corrected chi connectivity index (χ3v) is 9.97. The summed E-state index contributed by atoms with van der Waals surface area (Å²) in [5.41, 5.74) is 7.85. The molecule has 0 aliphatic carbocycles. The fourth-order valence-electron chi connectivity index (χ4n) is 7.31. The van der Waals surface area contributed by atoms with Crippen molar-refractivity contribution in [1.82, 2.24) is 14.1 Å². The Morgan fingerprint density at radius 3 is 1.46 bits per heavy atom. The van der Waals surface area contributed by atoms with E-state index < -0.39 is 11.7 Å². The summed E-state index contributed by atoms with van der Waals surface area (Å²) in [4.78, 5) is 4.54. The highest BCUT2D eigenvalue weighted by atomic mass is 19.4. The minimum absolute atomic E-state index is 0.0558. The number of fused-ring (bicyclic) bond motifs is 6. The molecule has 0 amide bonds. The lowest BCUT2D eigenvalue weighted by Gasteiger charge is -2.21. The van der Waals surface area contributed by atoms with E-state index in [9.17, 15) is 13.2 Å². The standard InChI is InChI=1S/C44H38F3N3/c1-42(2,3)27-15-18-38-33(23-27)30-11-7-9-13-36(30)49(38)39-20-17-29(44(45,46)47)25-35(39)32-21-22-48-26-41(32)50-37-14-10-8-12-31(37)34-24-28(43(4,5)6)16-19-40(34)50/h7-26H,1-6H3. The van der Waals surface area contributed by atoms with Crippen LogP contribution in [-0.4, -0.2) is 14.1 Å². The lowest BCUT2D eigenvalue weighted by Crippen LogP contribution is -2.10. The van der Waals surface area contributed by atoms with Crippen LogP contribution in [0.15, 0.2) is 122 Å². The van der Waals surface area contributed by atoms with Gasteiger partial charge in [0.25, 0.3) is 0 Å². The second-order valence-corrected chi connectivity index (χ2v) is 15.3. The zero-order valence-corrected chi connectivity index (χ0v) is 29.0. The number of hydrogen-bond acceptors (Lipinski definition) is 1. The molecule has 0 bridgehead atoms. The second-order valence-electron chi connectivity index (χ2n) is 15.3. The van der Waals surface area contributed by atoms with Crippen molar-refractivity contribution in [2.24, 2.45) is 0 Å². The second kappa shape index (κ2) is 11.1. The fraction of sp³-hybridized carbons (Fsp3) is 0.205. The Balaban J connectivity index is 1.46. The van der Waals surface area contributed by atoms with Gasteiger partial charge in [-0.15, -0.1) is 0 Å². The largest absolute Gasteiger partial charge is 0.416 e. The first kappa shape index (κ1) is 31.9. The maximum Gasteiger partial charge on any atom is 0.416 e. The molecule has 0 radical (unpaired) electrons. The summed E-state index contributed by atoms with van der Waals surface area (Å²) in [5.74, 6) is 0. The minimum atomic E-state index is -4.53. The van der Waals surface area contributed by atoms with Crippen LogP contribution >= 0.6 is 0 Å². The van der Waals surface area contributed by atoms with E-state index in [4.69, 9.17) is 0 Å². The Bertz CT molecular complexity index is 2610. The number of para-hydroxylation sites is 2. The summed E-state index contributed by atoms with van der Waals surface area (Å²) < 4.78 is 47.8. The van der Waals surface area contributed by atoms with Crippen molar-refractivity contribution in [2.75, 3.05) is 0 Å². The Morgan fingerprint density at radius 1 is 0.460 bits per heavy atom. The first-order valence-corrected chi connectivity index (χ1v) is 17.0. The molecule has 5 aromatic carbocycles. The summed E-state index contributed by atoms with van der Waals surface area (Å²) in [7, 11) is 0. The van der Waals surface area contributed by atoms with Gasteiger partial charge in [-0.2, -0.15) is 13.2 Å². The monoisotopic (exact) mass is 665 g/mol. The van der Waals surface area contributed by atoms with Gasteiger partial charge in [0.15, 0.2) is 0 Å². The fourth-order valence-corrected chi connectivity index (χ4v) is 7.31. The van der Waals surface area contributed by atoms with Crippen LogP contribution in [-0.2, 0) is 17.0 Å². The molecule has 3 aromatic heterocycles. The van der Waals surface area contributed by atoms with Crippen molar-refractivity contribution in [3.8, 4) is 22.5 Å². The van der Waals surface area contributed by atoms with E-state index in [-0.39, 0.29) is 10.8 Å². The number of alkyl halides is 3. The number of halogens is 3. The molecule has 6 heteroatoms. The number of rotatable bonds is 3. The molecule has 0 saturated carbocycles. The molecule has 8 aromatic rings. The van der Waals surface area contributed by atoms with Gasteiger partial charge in [-0.05, 0) is 82.6 Å². The van der Waals surface area contributed by atoms with Crippen LogP contribution in [0, 0.1) is 0 Å². The maximum absolute atomic E-state index is 14.5. The molecule has 0 N–H and O–H groups in total. The first-order chi connectivity index (χ1) is 23.7. The molecule has 3 heterocycles. The third kappa shape index (κ3) is 5.08. The van der Waals surface area contributed by atoms with Crippen molar-refractivity contribution in [1.29, 1.82) is 0 Å². The third-order valence-electron chi connectivity index (χ3n) is 9.97. The van der Waals surface area contributed by atoms with Gasteiger partial charge in [0.1, 0.15) is 0 Å². The van der Waals surface area contributed by atoms with Crippen LogP contribution in [0.4, 0.5) is 13.2 Å². The highest BCUT2D eigenvalue weighted by Gasteiger charge is 2.32. The average molecular weight is 666 g/mol. The van der Waals surface area contributed by atoms with Crippen molar-refractivity contribution in [3.63, 3.8) is 0 Å². The van der Waals surface area contributed by atoms with Crippen LogP contribution in [0.5, 0.6) is 0 Å². The number of nitrogens with zero attached hydrogens (tertiary/aromatic N) is 3. The Hall–Kier alpha value is -5.36. The number of benzene rings is 5. The van der Waals surface area contributed by atoms with Gasteiger partial charge in [-0.1, -0.05) is 90.1 Å². The quantitative estimate of drug-likeness (QED) is 0.184. The summed E-state index contributed by atoms with van der Waals surface area (Å²) in [6.07, 6.45) is -1.10. The van der Waals surface area contributed by atoms with Gasteiger partial charge in [0.05, 0.1) is 45.2 Å². The molecule has 0 atom stereocenters. The molecular formula is C44H38F3N3. The van der Waals surface area contributed by atoms with Crippen LogP contribution in [0.25, 0.3) is 66.1 Å². The van der Waals surface area contributed by atoms with Gasteiger partial charge in [0, 0.05) is 38.9 Å². The average Bonchev–Trinajstić information content (AvgIpc) is 3.59. The molecule has 3 nitrogen and oxygen atoms in total. The SMILES string of the molecule is CC(C)(C)c1ccc2c(c1)c1ccccc1n2-c1ccc(C(F)(F)F)cc1-c1ccncc1-n1c2ccccc2c2cc(C(C)(C)C)ccc21. The molecule has 0 saturated heterocycles. The number of pyridine rings is 1. The molecule has 0 fully saturated rings. The van der Waals surface area contributed by atoms with Gasteiger partial charge in [-0.25, -0.2) is 0 Å². The van der Waals surface area contributed by atoms with Crippen molar-refractivity contribution in [3.05, 3.63) is 138 Å². The lowest BCUT2D eigenvalue weighted by atomic mass is 9.86. The van der Waals surface area contributed by atoms with E-state index in [1.807, 2.05) is 36.4 Å². The lowest BCUT2D eigenvalue weighted by molar-refractivity contribution is -0.137. The van der Waals surface area contributed by atoms with Gasteiger partial charge in [0.2, 0.25) is 0 Å². The summed E-state index contributed by atoms with van der Waals surface area (Å²) in [5, 5.41) is 4.27. The molecule has 0 spiro atoms. The maximum atomic E-state index is 14.5. The highest BCUT2D eigenvalue weighted by molar-refractivity contribution is 6.11. The molecule has 0 unspecified atom stereocenters. The number of aromatic nitrogens is 3. The Labute approximate surface area is 289 Å². The highest BCUT2D eigenvalue weighted by Crippen LogP contribution is 2.43.